The Labute approximate surface area is 80.7 Å². The molecule has 0 saturated carbocycles. The van der Waals surface area contributed by atoms with Gasteiger partial charge in [0.05, 0.1) is 12.7 Å². The maximum absolute atomic E-state index is 11.2. The van der Waals surface area contributed by atoms with Crippen LogP contribution in [-0.4, -0.2) is 30.6 Å². The third-order valence-electron chi connectivity index (χ3n) is 1.38. The van der Waals surface area contributed by atoms with Gasteiger partial charge in [-0.25, -0.2) is 9.59 Å². The molecule has 0 aliphatic rings. The summed E-state index contributed by atoms with van der Waals surface area (Å²) in [4.78, 5) is 25.4. The van der Waals surface area contributed by atoms with E-state index in [1.807, 2.05) is 0 Å². The lowest BCUT2D eigenvalue weighted by atomic mass is 10.3. The summed E-state index contributed by atoms with van der Waals surface area (Å²) in [7, 11) is 1.21. The van der Waals surface area contributed by atoms with Gasteiger partial charge in [0, 0.05) is 6.20 Å². The van der Waals surface area contributed by atoms with Crippen molar-refractivity contribution in [1.82, 2.24) is 4.98 Å². The Morgan fingerprint density at radius 1 is 1.57 bits per heavy atom. The molecule has 5 heteroatoms. The molecule has 0 bridgehead atoms. The SMILES string of the molecule is COC(=O)COC(=O)c1[c]nccc1. The van der Waals surface area contributed by atoms with E-state index in [0.29, 0.717) is 0 Å². The highest BCUT2D eigenvalue weighted by molar-refractivity contribution is 5.90. The summed E-state index contributed by atoms with van der Waals surface area (Å²) >= 11 is 0. The van der Waals surface area contributed by atoms with Crippen LogP contribution in [0.2, 0.25) is 0 Å². The van der Waals surface area contributed by atoms with Gasteiger partial charge >= 0.3 is 11.9 Å². The lowest BCUT2D eigenvalue weighted by Gasteiger charge is -2.01. The van der Waals surface area contributed by atoms with Crippen molar-refractivity contribution in [2.45, 2.75) is 0 Å². The van der Waals surface area contributed by atoms with E-state index in [1.54, 1.807) is 6.07 Å². The topological polar surface area (TPSA) is 65.5 Å². The number of esters is 2. The van der Waals surface area contributed by atoms with Gasteiger partial charge in [-0.1, -0.05) is 0 Å². The Morgan fingerprint density at radius 2 is 2.36 bits per heavy atom. The maximum Gasteiger partial charge on any atom is 0.344 e. The average molecular weight is 194 g/mol. The first-order valence-corrected chi connectivity index (χ1v) is 3.80. The van der Waals surface area contributed by atoms with Crippen LogP contribution in [-0.2, 0) is 14.3 Å². The second-order valence-electron chi connectivity index (χ2n) is 2.32. The number of ether oxygens (including phenoxy) is 2. The van der Waals surface area contributed by atoms with Crippen LogP contribution in [0.1, 0.15) is 10.4 Å². The fourth-order valence-electron chi connectivity index (χ4n) is 0.701. The largest absolute Gasteiger partial charge is 0.466 e. The minimum atomic E-state index is -0.650. The van der Waals surface area contributed by atoms with E-state index in [2.05, 4.69) is 20.7 Å². The lowest BCUT2D eigenvalue weighted by Crippen LogP contribution is -2.15. The molecule has 1 rings (SSSR count). The number of methoxy groups -OCH3 is 1. The zero-order valence-electron chi connectivity index (χ0n) is 7.52. The molecular formula is C9H8NO4. The first kappa shape index (κ1) is 10.2. The van der Waals surface area contributed by atoms with Gasteiger partial charge in [-0.05, 0) is 12.1 Å². The van der Waals surface area contributed by atoms with Crippen LogP contribution in [0.15, 0.2) is 18.3 Å². The van der Waals surface area contributed by atoms with Gasteiger partial charge in [0.15, 0.2) is 6.61 Å². The summed E-state index contributed by atoms with van der Waals surface area (Å²) < 4.78 is 8.89. The molecule has 1 aromatic rings. The third-order valence-corrected chi connectivity index (χ3v) is 1.38. The van der Waals surface area contributed by atoms with Gasteiger partial charge in [-0.15, -0.1) is 0 Å². The summed E-state index contributed by atoms with van der Waals surface area (Å²) in [5.74, 6) is -1.26. The molecule has 5 nitrogen and oxygen atoms in total. The standard InChI is InChI=1S/C9H8NO4/c1-13-8(11)6-14-9(12)7-3-2-4-10-5-7/h2-4H,6H2,1H3. The monoisotopic (exact) mass is 194 g/mol. The fourth-order valence-corrected chi connectivity index (χ4v) is 0.701. The normalized spacial score (nSPS) is 9.21. The quantitative estimate of drug-likeness (QED) is 0.643. The van der Waals surface area contributed by atoms with Gasteiger partial charge < -0.3 is 9.47 Å². The highest BCUT2D eigenvalue weighted by Gasteiger charge is 2.09. The Balaban J connectivity index is 2.48. The molecule has 0 unspecified atom stereocenters. The average Bonchev–Trinajstić information content (AvgIpc) is 2.26. The van der Waals surface area contributed by atoms with Crippen molar-refractivity contribution in [3.8, 4) is 0 Å². The molecule has 1 heterocycles. The molecule has 0 fully saturated rings. The van der Waals surface area contributed by atoms with Gasteiger partial charge in [0.2, 0.25) is 0 Å². The lowest BCUT2D eigenvalue weighted by molar-refractivity contribution is -0.144. The van der Waals surface area contributed by atoms with Crippen molar-refractivity contribution in [3.05, 3.63) is 30.1 Å². The Hall–Kier alpha value is -1.91. The van der Waals surface area contributed by atoms with E-state index in [4.69, 9.17) is 0 Å². The zero-order valence-corrected chi connectivity index (χ0v) is 7.52. The van der Waals surface area contributed by atoms with Crippen molar-refractivity contribution >= 4 is 11.9 Å². The molecule has 0 N–H and O–H groups in total. The number of aromatic nitrogens is 1. The van der Waals surface area contributed by atoms with Gasteiger partial charge in [0.25, 0.3) is 0 Å². The van der Waals surface area contributed by atoms with Gasteiger partial charge in [-0.3, -0.25) is 4.98 Å². The smallest absolute Gasteiger partial charge is 0.344 e. The van der Waals surface area contributed by atoms with Crippen LogP contribution in [0.25, 0.3) is 0 Å². The summed E-state index contributed by atoms with van der Waals surface area (Å²) in [6.07, 6.45) is 3.92. The summed E-state index contributed by atoms with van der Waals surface area (Å²) in [5, 5.41) is 0. The molecule has 14 heavy (non-hydrogen) atoms. The third kappa shape index (κ3) is 2.85. The molecule has 0 aromatic carbocycles. The number of carbonyl (C=O) groups is 2. The summed E-state index contributed by atoms with van der Waals surface area (Å²) in [6.45, 7) is -0.405. The van der Waals surface area contributed by atoms with Crippen molar-refractivity contribution in [3.63, 3.8) is 0 Å². The molecule has 1 aromatic heterocycles. The first-order chi connectivity index (χ1) is 6.74. The number of carbonyl (C=O) groups excluding carboxylic acids is 2. The molecule has 0 amide bonds. The molecule has 0 saturated heterocycles. The summed E-state index contributed by atoms with van der Waals surface area (Å²) in [6, 6.07) is 3.07. The second kappa shape index (κ2) is 4.96. The molecule has 0 aliphatic heterocycles. The number of hydrogen-bond donors (Lipinski definition) is 0. The predicted octanol–water partition coefficient (Wildman–Crippen LogP) is 0.212. The highest BCUT2D eigenvalue weighted by Crippen LogP contribution is 1.97. The van der Waals surface area contributed by atoms with E-state index < -0.39 is 18.5 Å². The zero-order chi connectivity index (χ0) is 10.4. The van der Waals surface area contributed by atoms with E-state index in [0.717, 1.165) is 0 Å². The molecule has 1 radical (unpaired) electrons. The van der Waals surface area contributed by atoms with Crippen molar-refractivity contribution < 1.29 is 19.1 Å². The van der Waals surface area contributed by atoms with Crippen LogP contribution < -0.4 is 0 Å². The Kier molecular flexibility index (Phi) is 3.60. The number of pyridine rings is 1. The van der Waals surface area contributed by atoms with Crippen molar-refractivity contribution in [2.75, 3.05) is 13.7 Å². The molecule has 0 aliphatic carbocycles. The van der Waals surface area contributed by atoms with Crippen LogP contribution in [0.4, 0.5) is 0 Å². The van der Waals surface area contributed by atoms with Crippen LogP contribution >= 0.6 is 0 Å². The molecule has 0 spiro atoms. The van der Waals surface area contributed by atoms with E-state index in [-0.39, 0.29) is 5.56 Å². The van der Waals surface area contributed by atoms with Crippen molar-refractivity contribution in [2.24, 2.45) is 0 Å². The Morgan fingerprint density at radius 3 is 2.93 bits per heavy atom. The minimum absolute atomic E-state index is 0.177. The predicted molar refractivity (Wildman–Crippen MR) is 45.4 cm³/mol. The number of nitrogens with zero attached hydrogens (tertiary/aromatic N) is 1. The van der Waals surface area contributed by atoms with Crippen LogP contribution in [0.5, 0.6) is 0 Å². The van der Waals surface area contributed by atoms with Crippen LogP contribution in [0, 0.1) is 6.20 Å². The van der Waals surface area contributed by atoms with Gasteiger partial charge in [-0.2, -0.15) is 0 Å². The van der Waals surface area contributed by atoms with E-state index >= 15 is 0 Å². The summed E-state index contributed by atoms with van der Waals surface area (Å²) in [5.41, 5.74) is 0.177. The maximum atomic E-state index is 11.2. The number of hydrogen-bond acceptors (Lipinski definition) is 5. The van der Waals surface area contributed by atoms with E-state index in [9.17, 15) is 9.59 Å². The van der Waals surface area contributed by atoms with Gasteiger partial charge in [0.1, 0.15) is 6.20 Å². The molecule has 0 atom stereocenters. The molecular weight excluding hydrogens is 186 g/mol. The Bertz CT molecular complexity index is 323. The van der Waals surface area contributed by atoms with Crippen LogP contribution in [0.3, 0.4) is 0 Å². The van der Waals surface area contributed by atoms with Crippen molar-refractivity contribution in [1.29, 1.82) is 0 Å². The minimum Gasteiger partial charge on any atom is -0.466 e. The highest BCUT2D eigenvalue weighted by atomic mass is 16.6. The van der Waals surface area contributed by atoms with E-state index in [1.165, 1.54) is 19.4 Å². The first-order valence-electron chi connectivity index (χ1n) is 3.80. The fraction of sp³-hybridized carbons (Fsp3) is 0.222. The second-order valence-corrected chi connectivity index (χ2v) is 2.32. The molecule has 73 valence electrons. The number of rotatable bonds is 3.